The van der Waals surface area contributed by atoms with Gasteiger partial charge in [-0.2, -0.15) is 5.10 Å². The average molecular weight is 335 g/mol. The molecule has 0 radical (unpaired) electrons. The molecular weight excluding hydrogens is 316 g/mol. The van der Waals surface area contributed by atoms with E-state index >= 15 is 0 Å². The molecule has 0 spiro atoms. The molecule has 0 fully saturated rings. The molecule has 24 heavy (non-hydrogen) atoms. The van der Waals surface area contributed by atoms with Crippen LogP contribution in [0.15, 0.2) is 12.1 Å². The molecule has 7 heteroatoms. The summed E-state index contributed by atoms with van der Waals surface area (Å²) in [6.45, 7) is 5.17. The van der Waals surface area contributed by atoms with Gasteiger partial charge in [0.1, 0.15) is 11.6 Å². The SMILES string of the molecule is Cc1cc(F)c(CNC(=O)c2n[nH]c3c2C[C@@H](C)O[C@H]3C)c(F)c1. The van der Waals surface area contributed by atoms with Crippen LogP contribution in [0, 0.1) is 18.6 Å². The Balaban J connectivity index is 1.78. The third-order valence-corrected chi connectivity index (χ3v) is 4.16. The van der Waals surface area contributed by atoms with Crippen LogP contribution < -0.4 is 5.32 Å². The second-order valence-corrected chi connectivity index (χ2v) is 6.15. The van der Waals surface area contributed by atoms with Crippen molar-refractivity contribution in [3.8, 4) is 0 Å². The van der Waals surface area contributed by atoms with E-state index in [1.165, 1.54) is 12.1 Å². The van der Waals surface area contributed by atoms with Gasteiger partial charge in [0.05, 0.1) is 17.9 Å². The monoisotopic (exact) mass is 335 g/mol. The van der Waals surface area contributed by atoms with E-state index in [0.717, 1.165) is 11.3 Å². The number of H-pyrrole nitrogens is 1. The molecular formula is C17H19F2N3O2. The van der Waals surface area contributed by atoms with E-state index in [0.29, 0.717) is 12.0 Å². The van der Waals surface area contributed by atoms with Gasteiger partial charge in [-0.15, -0.1) is 0 Å². The van der Waals surface area contributed by atoms with E-state index in [4.69, 9.17) is 4.74 Å². The van der Waals surface area contributed by atoms with Crippen molar-refractivity contribution in [3.63, 3.8) is 0 Å². The lowest BCUT2D eigenvalue weighted by Crippen LogP contribution is -2.28. The number of aromatic amines is 1. The lowest BCUT2D eigenvalue weighted by molar-refractivity contribution is -0.00697. The molecule has 2 heterocycles. The summed E-state index contributed by atoms with van der Waals surface area (Å²) in [4.78, 5) is 12.4. The zero-order valence-corrected chi connectivity index (χ0v) is 13.7. The van der Waals surface area contributed by atoms with E-state index in [1.807, 2.05) is 13.8 Å². The van der Waals surface area contributed by atoms with E-state index in [-0.39, 0.29) is 30.0 Å². The van der Waals surface area contributed by atoms with Crippen molar-refractivity contribution in [1.82, 2.24) is 15.5 Å². The van der Waals surface area contributed by atoms with Gasteiger partial charge in [0.2, 0.25) is 0 Å². The Labute approximate surface area is 138 Å². The van der Waals surface area contributed by atoms with Gasteiger partial charge >= 0.3 is 0 Å². The number of amides is 1. The third-order valence-electron chi connectivity index (χ3n) is 4.16. The molecule has 0 saturated heterocycles. The van der Waals surface area contributed by atoms with Crippen molar-refractivity contribution in [1.29, 1.82) is 0 Å². The van der Waals surface area contributed by atoms with Gasteiger partial charge in [-0.25, -0.2) is 8.78 Å². The molecule has 5 nitrogen and oxygen atoms in total. The Kier molecular flexibility index (Phi) is 4.36. The van der Waals surface area contributed by atoms with Gasteiger partial charge in [-0.3, -0.25) is 9.89 Å². The van der Waals surface area contributed by atoms with Crippen molar-refractivity contribution in [3.05, 3.63) is 51.8 Å². The summed E-state index contributed by atoms with van der Waals surface area (Å²) in [6, 6.07) is 2.48. The molecule has 0 aliphatic carbocycles. The Morgan fingerprint density at radius 3 is 2.71 bits per heavy atom. The Morgan fingerprint density at radius 1 is 1.38 bits per heavy atom. The second-order valence-electron chi connectivity index (χ2n) is 6.15. The summed E-state index contributed by atoms with van der Waals surface area (Å²) in [7, 11) is 0. The van der Waals surface area contributed by atoms with Crippen molar-refractivity contribution < 1.29 is 18.3 Å². The Morgan fingerprint density at radius 2 is 2.04 bits per heavy atom. The number of ether oxygens (including phenoxy) is 1. The van der Waals surface area contributed by atoms with Crippen LogP contribution >= 0.6 is 0 Å². The maximum absolute atomic E-state index is 13.9. The van der Waals surface area contributed by atoms with E-state index in [2.05, 4.69) is 15.5 Å². The standard InChI is InChI=1S/C17H19F2N3O2/c1-8-4-13(18)12(14(19)5-8)7-20-17(23)16-11-6-9(2)24-10(3)15(11)21-22-16/h4-5,9-10H,6-7H2,1-3H3,(H,20,23)(H,21,22)/t9-,10+/m1/s1. The van der Waals surface area contributed by atoms with Crippen LogP contribution in [0.1, 0.15) is 52.8 Å². The first-order valence-corrected chi connectivity index (χ1v) is 7.82. The van der Waals surface area contributed by atoms with Crippen LogP contribution in [-0.2, 0) is 17.7 Å². The highest BCUT2D eigenvalue weighted by Gasteiger charge is 2.29. The fourth-order valence-corrected chi connectivity index (χ4v) is 3.01. The summed E-state index contributed by atoms with van der Waals surface area (Å²) < 4.78 is 33.4. The number of rotatable bonds is 3. The zero-order valence-electron chi connectivity index (χ0n) is 13.7. The topological polar surface area (TPSA) is 67.0 Å². The van der Waals surface area contributed by atoms with E-state index < -0.39 is 17.5 Å². The smallest absolute Gasteiger partial charge is 0.272 e. The van der Waals surface area contributed by atoms with E-state index in [1.54, 1.807) is 6.92 Å². The molecule has 3 rings (SSSR count). The molecule has 2 N–H and O–H groups in total. The summed E-state index contributed by atoms with van der Waals surface area (Å²) >= 11 is 0. The van der Waals surface area contributed by atoms with Gasteiger partial charge in [-0.05, 0) is 38.5 Å². The van der Waals surface area contributed by atoms with Crippen LogP contribution in [0.4, 0.5) is 8.78 Å². The second kappa shape index (κ2) is 6.32. The van der Waals surface area contributed by atoms with Gasteiger partial charge in [0, 0.05) is 24.1 Å². The highest BCUT2D eigenvalue weighted by molar-refractivity contribution is 5.94. The predicted molar refractivity (Wildman–Crippen MR) is 83.5 cm³/mol. The fourth-order valence-electron chi connectivity index (χ4n) is 3.01. The number of fused-ring (bicyclic) bond motifs is 1. The van der Waals surface area contributed by atoms with Crippen LogP contribution in [0.2, 0.25) is 0 Å². The van der Waals surface area contributed by atoms with Gasteiger partial charge in [-0.1, -0.05) is 0 Å². The van der Waals surface area contributed by atoms with Crippen LogP contribution in [0.25, 0.3) is 0 Å². The largest absolute Gasteiger partial charge is 0.369 e. The van der Waals surface area contributed by atoms with Gasteiger partial charge in [0.25, 0.3) is 5.91 Å². The summed E-state index contributed by atoms with van der Waals surface area (Å²) in [6.07, 6.45) is 0.361. The number of carbonyl (C=O) groups excluding carboxylic acids is 1. The molecule has 1 amide bonds. The summed E-state index contributed by atoms with van der Waals surface area (Å²) in [5.41, 5.74) is 2.14. The van der Waals surface area contributed by atoms with E-state index in [9.17, 15) is 13.6 Å². The number of benzene rings is 1. The summed E-state index contributed by atoms with van der Waals surface area (Å²) in [5, 5.41) is 9.41. The quantitative estimate of drug-likeness (QED) is 0.906. The molecule has 1 aromatic heterocycles. The van der Waals surface area contributed by atoms with Crippen molar-refractivity contribution in [2.24, 2.45) is 0 Å². The molecule has 0 saturated carbocycles. The fraction of sp³-hybridized carbons (Fsp3) is 0.412. The number of aromatic nitrogens is 2. The highest BCUT2D eigenvalue weighted by atomic mass is 19.1. The number of nitrogens with one attached hydrogen (secondary N) is 2. The minimum Gasteiger partial charge on any atom is -0.369 e. The molecule has 128 valence electrons. The van der Waals surface area contributed by atoms with Crippen molar-refractivity contribution in [2.45, 2.75) is 45.9 Å². The van der Waals surface area contributed by atoms with Crippen LogP contribution in [-0.4, -0.2) is 22.2 Å². The van der Waals surface area contributed by atoms with Crippen LogP contribution in [0.5, 0.6) is 0 Å². The predicted octanol–water partition coefficient (Wildman–Crippen LogP) is 2.95. The van der Waals surface area contributed by atoms with Crippen molar-refractivity contribution in [2.75, 3.05) is 0 Å². The Hall–Kier alpha value is -2.28. The molecule has 2 atom stereocenters. The molecule has 1 aliphatic heterocycles. The van der Waals surface area contributed by atoms with Gasteiger partial charge < -0.3 is 10.1 Å². The Bertz CT molecular complexity index is 765. The molecule has 0 bridgehead atoms. The molecule has 2 aromatic rings. The molecule has 1 aromatic carbocycles. The minimum absolute atomic E-state index is 0.0244. The maximum atomic E-state index is 13.9. The van der Waals surface area contributed by atoms with Gasteiger partial charge in [0.15, 0.2) is 5.69 Å². The number of halogens is 2. The lowest BCUT2D eigenvalue weighted by Gasteiger charge is -2.25. The maximum Gasteiger partial charge on any atom is 0.272 e. The normalized spacial score (nSPS) is 19.9. The molecule has 1 aliphatic rings. The van der Waals surface area contributed by atoms with Crippen LogP contribution in [0.3, 0.4) is 0 Å². The average Bonchev–Trinajstić information content (AvgIpc) is 2.89. The number of carbonyl (C=O) groups is 1. The number of nitrogens with zero attached hydrogens (tertiary/aromatic N) is 1. The highest BCUT2D eigenvalue weighted by Crippen LogP contribution is 2.30. The summed E-state index contributed by atoms with van der Waals surface area (Å²) in [5.74, 6) is -1.81. The number of hydrogen-bond acceptors (Lipinski definition) is 3. The zero-order chi connectivity index (χ0) is 17.4. The minimum atomic E-state index is -0.674. The third kappa shape index (κ3) is 3.03. The molecule has 0 unspecified atom stereocenters. The first kappa shape index (κ1) is 16.6. The van der Waals surface area contributed by atoms with Crippen molar-refractivity contribution >= 4 is 5.91 Å². The first-order chi connectivity index (χ1) is 11.4. The number of aryl methyl sites for hydroxylation is 1. The lowest BCUT2D eigenvalue weighted by atomic mass is 9.99. The number of hydrogen-bond donors (Lipinski definition) is 2. The first-order valence-electron chi connectivity index (χ1n) is 7.82.